The number of carbonyl (C=O) groups is 1. The fraction of sp³-hybridized carbons (Fsp3) is 0.368. The molecule has 5 heteroatoms. The number of ether oxygens (including phenoxy) is 1. The number of hydrogen-bond donors (Lipinski definition) is 1. The van der Waals surface area contributed by atoms with Gasteiger partial charge in [0.25, 0.3) is 5.91 Å². The molecule has 2 rings (SSSR count). The number of nitrogens with zero attached hydrogens (tertiary/aromatic N) is 2. The minimum absolute atomic E-state index is 0.0914. The van der Waals surface area contributed by atoms with Gasteiger partial charge in [-0.15, -0.1) is 0 Å². The molecule has 0 bridgehead atoms. The molecule has 0 aliphatic heterocycles. The zero-order valence-electron chi connectivity index (χ0n) is 14.2. The van der Waals surface area contributed by atoms with Crippen LogP contribution in [0, 0.1) is 0 Å². The van der Waals surface area contributed by atoms with E-state index in [9.17, 15) is 9.90 Å². The summed E-state index contributed by atoms with van der Waals surface area (Å²) in [6.45, 7) is 4.58. The number of aromatic nitrogens is 1. The van der Waals surface area contributed by atoms with E-state index in [0.29, 0.717) is 30.9 Å². The van der Waals surface area contributed by atoms with Gasteiger partial charge in [0.1, 0.15) is 5.75 Å². The Kier molecular flexibility index (Phi) is 6.75. The minimum Gasteiger partial charge on any atom is -0.493 e. The lowest BCUT2D eigenvalue weighted by Gasteiger charge is -2.30. The van der Waals surface area contributed by atoms with Crippen molar-refractivity contribution in [3.05, 3.63) is 59.9 Å². The SMILES string of the molecule is CCOc1ccccc1C(=O)N(Cc1ccccn1)C(CC)CO. The van der Waals surface area contributed by atoms with Gasteiger partial charge in [0, 0.05) is 6.20 Å². The molecular formula is C19H24N2O3. The van der Waals surface area contributed by atoms with E-state index in [0.717, 1.165) is 5.69 Å². The van der Waals surface area contributed by atoms with Gasteiger partial charge in [-0.25, -0.2) is 0 Å². The first-order chi connectivity index (χ1) is 11.7. The van der Waals surface area contributed by atoms with Crippen LogP contribution in [-0.4, -0.2) is 40.2 Å². The standard InChI is InChI=1S/C19H24N2O3/c1-3-16(14-22)21(13-15-9-7-8-12-20-15)19(23)17-10-5-6-11-18(17)24-4-2/h5-12,16,22H,3-4,13-14H2,1-2H3. The molecule has 1 aromatic carbocycles. The summed E-state index contributed by atoms with van der Waals surface area (Å²) in [6.07, 6.45) is 2.36. The highest BCUT2D eigenvalue weighted by Gasteiger charge is 2.25. The Morgan fingerprint density at radius 3 is 2.58 bits per heavy atom. The number of benzene rings is 1. The maximum absolute atomic E-state index is 13.1. The number of rotatable bonds is 8. The van der Waals surface area contributed by atoms with Crippen LogP contribution in [0.3, 0.4) is 0 Å². The van der Waals surface area contributed by atoms with Crippen molar-refractivity contribution in [3.8, 4) is 5.75 Å². The van der Waals surface area contributed by atoms with Crippen LogP contribution < -0.4 is 4.74 Å². The van der Waals surface area contributed by atoms with Gasteiger partial charge in [-0.05, 0) is 37.6 Å². The summed E-state index contributed by atoms with van der Waals surface area (Å²) in [5, 5.41) is 9.70. The summed E-state index contributed by atoms with van der Waals surface area (Å²) in [5.74, 6) is 0.398. The lowest BCUT2D eigenvalue weighted by atomic mass is 10.1. The van der Waals surface area contributed by atoms with E-state index >= 15 is 0 Å². The normalized spacial score (nSPS) is 11.8. The zero-order chi connectivity index (χ0) is 17.4. The Morgan fingerprint density at radius 1 is 1.21 bits per heavy atom. The summed E-state index contributed by atoms with van der Waals surface area (Å²) < 4.78 is 5.58. The van der Waals surface area contributed by atoms with Crippen LogP contribution in [0.4, 0.5) is 0 Å². The van der Waals surface area contributed by atoms with E-state index in [2.05, 4.69) is 4.98 Å². The molecular weight excluding hydrogens is 304 g/mol. The molecule has 2 aromatic rings. The van der Waals surface area contributed by atoms with Crippen LogP contribution in [0.1, 0.15) is 36.3 Å². The number of aliphatic hydroxyl groups is 1. The first-order valence-corrected chi connectivity index (χ1v) is 8.24. The molecule has 0 saturated heterocycles. The van der Waals surface area contributed by atoms with Crippen LogP contribution in [0.15, 0.2) is 48.7 Å². The fourth-order valence-electron chi connectivity index (χ4n) is 2.56. The molecule has 0 aliphatic carbocycles. The van der Waals surface area contributed by atoms with Crippen LogP contribution in [-0.2, 0) is 6.54 Å². The Hall–Kier alpha value is -2.40. The average Bonchev–Trinajstić information content (AvgIpc) is 2.63. The molecule has 0 saturated carbocycles. The van der Waals surface area contributed by atoms with Gasteiger partial charge >= 0.3 is 0 Å². The molecule has 1 atom stereocenters. The molecule has 1 heterocycles. The molecule has 5 nitrogen and oxygen atoms in total. The van der Waals surface area contributed by atoms with Gasteiger partial charge in [-0.3, -0.25) is 9.78 Å². The van der Waals surface area contributed by atoms with Gasteiger partial charge < -0.3 is 14.7 Å². The lowest BCUT2D eigenvalue weighted by molar-refractivity contribution is 0.0556. The zero-order valence-corrected chi connectivity index (χ0v) is 14.2. The summed E-state index contributed by atoms with van der Waals surface area (Å²) >= 11 is 0. The second kappa shape index (κ2) is 9.03. The predicted octanol–water partition coefficient (Wildman–Crippen LogP) is 2.89. The van der Waals surface area contributed by atoms with Crippen molar-refractivity contribution >= 4 is 5.91 Å². The largest absolute Gasteiger partial charge is 0.493 e. The quantitative estimate of drug-likeness (QED) is 0.809. The second-order valence-electron chi connectivity index (χ2n) is 5.43. The van der Waals surface area contributed by atoms with Crippen molar-refractivity contribution in [2.45, 2.75) is 32.9 Å². The molecule has 0 radical (unpaired) electrons. The highest BCUT2D eigenvalue weighted by Crippen LogP contribution is 2.22. The fourth-order valence-corrected chi connectivity index (χ4v) is 2.56. The molecule has 1 unspecified atom stereocenters. The highest BCUT2D eigenvalue weighted by molar-refractivity contribution is 5.97. The summed E-state index contributed by atoms with van der Waals surface area (Å²) in [7, 11) is 0. The van der Waals surface area contributed by atoms with Crippen molar-refractivity contribution in [2.75, 3.05) is 13.2 Å². The van der Waals surface area contributed by atoms with Crippen LogP contribution in [0.5, 0.6) is 5.75 Å². The van der Waals surface area contributed by atoms with Crippen molar-refractivity contribution in [3.63, 3.8) is 0 Å². The maximum atomic E-state index is 13.1. The van der Waals surface area contributed by atoms with Crippen LogP contribution in [0.25, 0.3) is 0 Å². The Morgan fingerprint density at radius 2 is 1.96 bits per heavy atom. The third-order valence-corrected chi connectivity index (χ3v) is 3.86. The number of pyridine rings is 1. The number of aliphatic hydroxyl groups excluding tert-OH is 1. The predicted molar refractivity (Wildman–Crippen MR) is 92.9 cm³/mol. The van der Waals surface area contributed by atoms with Crippen molar-refractivity contribution in [1.82, 2.24) is 9.88 Å². The third kappa shape index (κ3) is 4.32. The Labute approximate surface area is 142 Å². The van der Waals surface area contributed by atoms with Gasteiger partial charge in [0.05, 0.1) is 37.1 Å². The summed E-state index contributed by atoms with van der Waals surface area (Å²) in [5.41, 5.74) is 1.29. The topological polar surface area (TPSA) is 62.7 Å². The summed E-state index contributed by atoms with van der Waals surface area (Å²) in [4.78, 5) is 19.1. The first kappa shape index (κ1) is 17.9. The van der Waals surface area contributed by atoms with E-state index < -0.39 is 0 Å². The molecule has 1 aromatic heterocycles. The number of hydrogen-bond acceptors (Lipinski definition) is 4. The van der Waals surface area contributed by atoms with Crippen molar-refractivity contribution in [1.29, 1.82) is 0 Å². The van der Waals surface area contributed by atoms with Gasteiger partial charge in [0.2, 0.25) is 0 Å². The van der Waals surface area contributed by atoms with Gasteiger partial charge in [-0.1, -0.05) is 25.1 Å². The smallest absolute Gasteiger partial charge is 0.258 e. The van der Waals surface area contributed by atoms with E-state index in [1.165, 1.54) is 0 Å². The average molecular weight is 328 g/mol. The molecule has 0 aliphatic rings. The Bertz CT molecular complexity index is 642. The first-order valence-electron chi connectivity index (χ1n) is 8.24. The minimum atomic E-state index is -0.269. The molecule has 24 heavy (non-hydrogen) atoms. The molecule has 1 N–H and O–H groups in total. The second-order valence-corrected chi connectivity index (χ2v) is 5.43. The van der Waals surface area contributed by atoms with E-state index in [-0.39, 0.29) is 18.6 Å². The molecule has 0 spiro atoms. The monoisotopic (exact) mass is 328 g/mol. The number of amides is 1. The van der Waals surface area contributed by atoms with E-state index in [1.807, 2.05) is 44.2 Å². The number of carbonyl (C=O) groups excluding carboxylic acids is 1. The lowest BCUT2D eigenvalue weighted by Crippen LogP contribution is -2.42. The van der Waals surface area contributed by atoms with Crippen LogP contribution >= 0.6 is 0 Å². The Balaban J connectivity index is 2.34. The van der Waals surface area contributed by atoms with E-state index in [1.54, 1.807) is 23.2 Å². The maximum Gasteiger partial charge on any atom is 0.258 e. The molecule has 1 amide bonds. The molecule has 0 fully saturated rings. The highest BCUT2D eigenvalue weighted by atomic mass is 16.5. The number of para-hydroxylation sites is 1. The van der Waals surface area contributed by atoms with E-state index in [4.69, 9.17) is 4.74 Å². The summed E-state index contributed by atoms with van der Waals surface area (Å²) in [6, 6.07) is 12.5. The van der Waals surface area contributed by atoms with Crippen molar-refractivity contribution in [2.24, 2.45) is 0 Å². The van der Waals surface area contributed by atoms with Gasteiger partial charge in [-0.2, -0.15) is 0 Å². The third-order valence-electron chi connectivity index (χ3n) is 3.86. The van der Waals surface area contributed by atoms with Gasteiger partial charge in [0.15, 0.2) is 0 Å². The van der Waals surface area contributed by atoms with Crippen LogP contribution in [0.2, 0.25) is 0 Å². The van der Waals surface area contributed by atoms with Crippen molar-refractivity contribution < 1.29 is 14.6 Å². The molecule has 128 valence electrons.